The third-order valence-corrected chi connectivity index (χ3v) is 6.33. The first-order valence-corrected chi connectivity index (χ1v) is 9.27. The summed E-state index contributed by atoms with van der Waals surface area (Å²) < 4.78 is -0.250. The van der Waals surface area contributed by atoms with Gasteiger partial charge in [0, 0.05) is 10.9 Å². The Kier molecular flexibility index (Phi) is 5.09. The minimum atomic E-state index is -0.250. The maximum absolute atomic E-state index is 13.0. The molecule has 1 saturated heterocycles. The van der Waals surface area contributed by atoms with Crippen LogP contribution in [0.15, 0.2) is 29.2 Å². The molecule has 0 spiro atoms. The van der Waals surface area contributed by atoms with Crippen molar-refractivity contribution < 1.29 is 4.79 Å². The van der Waals surface area contributed by atoms with Crippen molar-refractivity contribution in [3.63, 3.8) is 0 Å². The van der Waals surface area contributed by atoms with E-state index in [1.54, 1.807) is 11.8 Å². The van der Waals surface area contributed by atoms with Crippen molar-refractivity contribution in [2.45, 2.75) is 61.1 Å². The molecule has 1 heterocycles. The molecule has 1 aliphatic carbocycles. The number of carbonyl (C=O) groups is 1. The van der Waals surface area contributed by atoms with Gasteiger partial charge in [0.15, 0.2) is 0 Å². The van der Waals surface area contributed by atoms with E-state index in [-0.39, 0.29) is 10.7 Å². The fourth-order valence-electron chi connectivity index (χ4n) is 3.44. The average molecular weight is 318 g/mol. The van der Waals surface area contributed by atoms with Crippen LogP contribution in [0.5, 0.6) is 0 Å². The highest BCUT2D eigenvalue weighted by molar-refractivity contribution is 8.01. The second kappa shape index (κ2) is 7.05. The molecule has 0 atom stereocenters. The van der Waals surface area contributed by atoms with Gasteiger partial charge in [0.25, 0.3) is 0 Å². The van der Waals surface area contributed by atoms with Gasteiger partial charge in [-0.15, -0.1) is 11.8 Å². The number of hydrogen-bond donors (Lipinski definition) is 2. The van der Waals surface area contributed by atoms with E-state index < -0.39 is 0 Å². The molecule has 0 unspecified atom stereocenters. The van der Waals surface area contributed by atoms with E-state index >= 15 is 0 Å². The molecule has 1 aromatic carbocycles. The summed E-state index contributed by atoms with van der Waals surface area (Å²) in [6.45, 7) is 4.13. The maximum Gasteiger partial charge on any atom is 0.236 e. The van der Waals surface area contributed by atoms with E-state index in [2.05, 4.69) is 41.8 Å². The van der Waals surface area contributed by atoms with Crippen LogP contribution in [0.2, 0.25) is 0 Å². The molecule has 2 N–H and O–H groups in total. The first kappa shape index (κ1) is 15.9. The monoisotopic (exact) mass is 318 g/mol. The summed E-state index contributed by atoms with van der Waals surface area (Å²) in [5, 5.41) is 6.69. The zero-order valence-electron chi connectivity index (χ0n) is 13.4. The van der Waals surface area contributed by atoms with Crippen molar-refractivity contribution in [3.8, 4) is 0 Å². The lowest BCUT2D eigenvalue weighted by Crippen LogP contribution is -2.49. The van der Waals surface area contributed by atoms with Gasteiger partial charge < -0.3 is 10.6 Å². The minimum absolute atomic E-state index is 0.250. The van der Waals surface area contributed by atoms with Crippen LogP contribution in [0.1, 0.15) is 44.1 Å². The van der Waals surface area contributed by atoms with Crippen LogP contribution < -0.4 is 10.6 Å². The lowest BCUT2D eigenvalue weighted by atomic mass is 10.0. The van der Waals surface area contributed by atoms with Gasteiger partial charge in [-0.25, -0.2) is 0 Å². The van der Waals surface area contributed by atoms with Crippen LogP contribution >= 0.6 is 11.8 Å². The Morgan fingerprint density at radius 1 is 1.18 bits per heavy atom. The summed E-state index contributed by atoms with van der Waals surface area (Å²) in [5.74, 6) is 0.266. The zero-order valence-corrected chi connectivity index (χ0v) is 14.2. The third kappa shape index (κ3) is 3.66. The highest BCUT2D eigenvalue weighted by atomic mass is 32.2. The quantitative estimate of drug-likeness (QED) is 0.895. The molecular weight excluding hydrogens is 292 g/mol. The van der Waals surface area contributed by atoms with Gasteiger partial charge in [-0.3, -0.25) is 4.79 Å². The second-order valence-corrected chi connectivity index (χ2v) is 8.07. The van der Waals surface area contributed by atoms with Gasteiger partial charge in [-0.2, -0.15) is 0 Å². The van der Waals surface area contributed by atoms with Crippen LogP contribution in [-0.2, 0) is 4.79 Å². The summed E-state index contributed by atoms with van der Waals surface area (Å²) in [6.07, 6.45) is 6.44. The number of aryl methyl sites for hydroxylation is 1. The molecule has 2 aliphatic rings. The second-order valence-electron chi connectivity index (χ2n) is 6.61. The minimum Gasteiger partial charge on any atom is -0.352 e. The third-order valence-electron chi connectivity index (χ3n) is 4.83. The van der Waals surface area contributed by atoms with Crippen LogP contribution in [0.25, 0.3) is 0 Å². The average Bonchev–Trinajstić information content (AvgIpc) is 3.00. The van der Waals surface area contributed by atoms with Gasteiger partial charge in [0.05, 0.1) is 4.75 Å². The van der Waals surface area contributed by atoms with Gasteiger partial charge in [-0.1, -0.05) is 30.5 Å². The molecular formula is C18H26N2OS. The molecule has 0 radical (unpaired) electrons. The van der Waals surface area contributed by atoms with E-state index in [0.29, 0.717) is 6.04 Å². The molecule has 0 aromatic heterocycles. The predicted molar refractivity (Wildman–Crippen MR) is 92.3 cm³/mol. The Labute approximate surface area is 137 Å². The van der Waals surface area contributed by atoms with E-state index in [4.69, 9.17) is 0 Å². The summed E-state index contributed by atoms with van der Waals surface area (Å²) in [5.41, 5.74) is 1.27. The van der Waals surface area contributed by atoms with Gasteiger partial charge in [0.1, 0.15) is 0 Å². The smallest absolute Gasteiger partial charge is 0.236 e. The normalized spacial score (nSPS) is 21.7. The van der Waals surface area contributed by atoms with Gasteiger partial charge >= 0.3 is 0 Å². The van der Waals surface area contributed by atoms with E-state index in [9.17, 15) is 4.79 Å². The SMILES string of the molecule is Cc1ccc(SC2(C(=O)NC3CCNCC3)CCCC2)cc1. The van der Waals surface area contributed by atoms with Crippen molar-refractivity contribution >= 4 is 17.7 Å². The van der Waals surface area contributed by atoms with Crippen LogP contribution in [0, 0.1) is 6.92 Å². The van der Waals surface area contributed by atoms with E-state index in [0.717, 1.165) is 38.8 Å². The number of thioether (sulfide) groups is 1. The van der Waals surface area contributed by atoms with Crippen LogP contribution in [0.4, 0.5) is 0 Å². The molecule has 3 nitrogen and oxygen atoms in total. The summed E-state index contributed by atoms with van der Waals surface area (Å²) in [4.78, 5) is 14.2. The van der Waals surface area contributed by atoms with Crippen molar-refractivity contribution in [1.29, 1.82) is 0 Å². The fourth-order valence-corrected chi connectivity index (χ4v) is 4.80. The Hall–Kier alpha value is -1.00. The molecule has 1 amide bonds. The number of nitrogens with one attached hydrogen (secondary N) is 2. The van der Waals surface area contributed by atoms with E-state index in [1.165, 1.54) is 23.3 Å². The molecule has 1 aromatic rings. The van der Waals surface area contributed by atoms with Crippen molar-refractivity contribution in [1.82, 2.24) is 10.6 Å². The lowest BCUT2D eigenvalue weighted by Gasteiger charge is -2.31. The first-order chi connectivity index (χ1) is 10.7. The lowest BCUT2D eigenvalue weighted by molar-refractivity contribution is -0.124. The molecule has 3 rings (SSSR count). The largest absolute Gasteiger partial charge is 0.352 e. The zero-order chi connectivity index (χ0) is 15.4. The fraction of sp³-hybridized carbons (Fsp3) is 0.611. The molecule has 1 aliphatic heterocycles. The molecule has 4 heteroatoms. The number of piperidine rings is 1. The molecule has 22 heavy (non-hydrogen) atoms. The standard InChI is InChI=1S/C18H26N2OS/c1-14-4-6-16(7-5-14)22-18(10-2-3-11-18)17(21)20-15-8-12-19-13-9-15/h4-7,15,19H,2-3,8-13H2,1H3,(H,20,21). The Balaban J connectivity index is 1.69. The topological polar surface area (TPSA) is 41.1 Å². The number of amides is 1. The Morgan fingerprint density at radius 2 is 1.82 bits per heavy atom. The van der Waals surface area contributed by atoms with E-state index in [1.807, 2.05) is 0 Å². The predicted octanol–water partition coefficient (Wildman–Crippen LogP) is 3.27. The highest BCUT2D eigenvalue weighted by Gasteiger charge is 2.42. The Morgan fingerprint density at radius 3 is 2.45 bits per heavy atom. The molecule has 0 bridgehead atoms. The van der Waals surface area contributed by atoms with Crippen LogP contribution in [0.3, 0.4) is 0 Å². The number of benzene rings is 1. The number of carbonyl (C=O) groups excluding carboxylic acids is 1. The number of rotatable bonds is 4. The first-order valence-electron chi connectivity index (χ1n) is 8.45. The maximum atomic E-state index is 13.0. The highest BCUT2D eigenvalue weighted by Crippen LogP contribution is 2.45. The van der Waals surface area contributed by atoms with Crippen molar-refractivity contribution in [2.75, 3.05) is 13.1 Å². The summed E-state index contributed by atoms with van der Waals surface area (Å²) in [6, 6.07) is 8.92. The molecule has 1 saturated carbocycles. The molecule has 120 valence electrons. The number of hydrogen-bond acceptors (Lipinski definition) is 3. The van der Waals surface area contributed by atoms with Crippen molar-refractivity contribution in [2.24, 2.45) is 0 Å². The molecule has 2 fully saturated rings. The van der Waals surface area contributed by atoms with Crippen molar-refractivity contribution in [3.05, 3.63) is 29.8 Å². The summed E-state index contributed by atoms with van der Waals surface area (Å²) >= 11 is 1.78. The Bertz CT molecular complexity index is 502. The summed E-state index contributed by atoms with van der Waals surface area (Å²) in [7, 11) is 0. The van der Waals surface area contributed by atoms with Gasteiger partial charge in [0.2, 0.25) is 5.91 Å². The van der Waals surface area contributed by atoms with Gasteiger partial charge in [-0.05, 0) is 57.8 Å². The van der Waals surface area contributed by atoms with Crippen LogP contribution in [-0.4, -0.2) is 29.8 Å².